The number of hydrogen-bond acceptors (Lipinski definition) is 4. The first kappa shape index (κ1) is 13.8. The minimum absolute atomic E-state index is 0.0206. The van der Waals surface area contributed by atoms with E-state index in [9.17, 15) is 0 Å². The summed E-state index contributed by atoms with van der Waals surface area (Å²) in [4.78, 5) is 10.3. The van der Waals surface area contributed by atoms with Crippen LogP contribution in [0.2, 0.25) is 5.02 Å². The van der Waals surface area contributed by atoms with E-state index in [2.05, 4.69) is 42.9 Å². The Morgan fingerprint density at radius 2 is 2.30 bits per heavy atom. The predicted molar refractivity (Wildman–Crippen MR) is 82.1 cm³/mol. The van der Waals surface area contributed by atoms with Crippen LogP contribution >= 0.6 is 27.5 Å². The lowest BCUT2D eigenvalue weighted by atomic mass is 10.1. The molecule has 1 saturated heterocycles. The molecule has 2 heterocycles. The van der Waals surface area contributed by atoms with E-state index in [1.807, 2.05) is 12.1 Å². The Balaban J connectivity index is 1.82. The zero-order chi connectivity index (χ0) is 13.9. The van der Waals surface area contributed by atoms with Gasteiger partial charge in [0.15, 0.2) is 5.82 Å². The van der Waals surface area contributed by atoms with Gasteiger partial charge in [0.25, 0.3) is 0 Å². The highest BCUT2D eigenvalue weighted by Gasteiger charge is 2.24. The van der Waals surface area contributed by atoms with E-state index in [-0.39, 0.29) is 6.10 Å². The molecule has 1 aromatic carbocycles. The van der Waals surface area contributed by atoms with Gasteiger partial charge in [0, 0.05) is 17.6 Å². The van der Waals surface area contributed by atoms with Gasteiger partial charge >= 0.3 is 0 Å². The third-order valence-corrected chi connectivity index (χ3v) is 3.99. The number of benzene rings is 1. The highest BCUT2D eigenvalue weighted by atomic mass is 79.9. The molecule has 1 unspecified atom stereocenters. The van der Waals surface area contributed by atoms with Crippen molar-refractivity contribution in [1.82, 2.24) is 9.97 Å². The minimum Gasteiger partial charge on any atom is -0.370 e. The van der Waals surface area contributed by atoms with E-state index < -0.39 is 0 Å². The molecule has 0 spiro atoms. The van der Waals surface area contributed by atoms with Gasteiger partial charge in [-0.05, 0) is 17.7 Å². The molecule has 4 nitrogen and oxygen atoms in total. The van der Waals surface area contributed by atoms with Gasteiger partial charge in [-0.3, -0.25) is 0 Å². The van der Waals surface area contributed by atoms with E-state index in [4.69, 9.17) is 16.3 Å². The van der Waals surface area contributed by atoms with Gasteiger partial charge in [-0.15, -0.1) is 0 Å². The van der Waals surface area contributed by atoms with Gasteiger partial charge in [-0.1, -0.05) is 39.7 Å². The summed E-state index contributed by atoms with van der Waals surface area (Å²) in [6.45, 7) is 2.16. The summed E-state index contributed by atoms with van der Waals surface area (Å²) in [6, 6.07) is 8.17. The van der Waals surface area contributed by atoms with Gasteiger partial charge in [0.2, 0.25) is 0 Å². The Kier molecular flexibility index (Phi) is 4.19. The second-order valence-corrected chi connectivity index (χ2v) is 5.88. The maximum absolute atomic E-state index is 6.16. The lowest BCUT2D eigenvalue weighted by molar-refractivity contribution is 0.0395. The van der Waals surface area contributed by atoms with Crippen molar-refractivity contribution in [2.75, 3.05) is 24.6 Å². The van der Waals surface area contributed by atoms with E-state index in [0.717, 1.165) is 28.9 Å². The van der Waals surface area contributed by atoms with Gasteiger partial charge < -0.3 is 9.64 Å². The Hall–Kier alpha value is -1.17. The van der Waals surface area contributed by atoms with Crippen molar-refractivity contribution in [3.05, 3.63) is 51.8 Å². The maximum atomic E-state index is 6.16. The molecule has 3 rings (SSSR count). The van der Waals surface area contributed by atoms with Crippen molar-refractivity contribution in [1.29, 1.82) is 0 Å². The van der Waals surface area contributed by atoms with Crippen molar-refractivity contribution in [2.45, 2.75) is 6.10 Å². The van der Waals surface area contributed by atoms with E-state index in [1.165, 1.54) is 6.33 Å². The molecule has 104 valence electrons. The van der Waals surface area contributed by atoms with Crippen LogP contribution in [0.5, 0.6) is 0 Å². The quantitative estimate of drug-likeness (QED) is 0.828. The molecule has 0 amide bonds. The number of ether oxygens (including phenoxy) is 1. The molecular formula is C14H13BrClN3O. The van der Waals surface area contributed by atoms with Crippen molar-refractivity contribution >= 4 is 33.3 Å². The highest BCUT2D eigenvalue weighted by molar-refractivity contribution is 9.10. The Labute approximate surface area is 130 Å². The molecule has 1 atom stereocenters. The van der Waals surface area contributed by atoms with Crippen LogP contribution in [0.1, 0.15) is 11.7 Å². The van der Waals surface area contributed by atoms with E-state index >= 15 is 0 Å². The van der Waals surface area contributed by atoms with Gasteiger partial charge in [-0.25, -0.2) is 9.97 Å². The van der Waals surface area contributed by atoms with Crippen LogP contribution in [-0.2, 0) is 4.74 Å². The molecule has 2 aromatic rings. The van der Waals surface area contributed by atoms with Crippen LogP contribution in [0.4, 0.5) is 5.82 Å². The summed E-state index contributed by atoms with van der Waals surface area (Å²) in [5.74, 6) is 0.768. The first-order valence-electron chi connectivity index (χ1n) is 6.31. The Morgan fingerprint density at radius 3 is 3.10 bits per heavy atom. The summed E-state index contributed by atoms with van der Waals surface area (Å²) >= 11 is 9.65. The van der Waals surface area contributed by atoms with E-state index in [0.29, 0.717) is 11.6 Å². The number of hydrogen-bond donors (Lipinski definition) is 0. The van der Waals surface area contributed by atoms with E-state index in [1.54, 1.807) is 6.20 Å². The average Bonchev–Trinajstić information content (AvgIpc) is 2.48. The normalized spacial score (nSPS) is 19.1. The van der Waals surface area contributed by atoms with Crippen LogP contribution in [-0.4, -0.2) is 29.7 Å². The number of halogens is 2. The van der Waals surface area contributed by atoms with Gasteiger partial charge in [0.05, 0.1) is 12.8 Å². The summed E-state index contributed by atoms with van der Waals surface area (Å²) in [5.41, 5.74) is 1.15. The fourth-order valence-corrected chi connectivity index (χ4v) is 2.93. The lowest BCUT2D eigenvalue weighted by Gasteiger charge is -2.34. The fraction of sp³-hybridized carbons (Fsp3) is 0.286. The molecule has 1 aliphatic heterocycles. The SMILES string of the molecule is Clc1cncnc1N1CCOC(c2cccc(Br)c2)C1. The van der Waals surface area contributed by atoms with Crippen molar-refractivity contribution < 1.29 is 4.74 Å². The first-order valence-corrected chi connectivity index (χ1v) is 7.48. The predicted octanol–water partition coefficient (Wildman–Crippen LogP) is 3.47. The lowest BCUT2D eigenvalue weighted by Crippen LogP contribution is -2.39. The fourth-order valence-electron chi connectivity index (χ4n) is 2.29. The molecule has 1 fully saturated rings. The molecule has 0 saturated carbocycles. The van der Waals surface area contributed by atoms with Gasteiger partial charge in [-0.2, -0.15) is 0 Å². The van der Waals surface area contributed by atoms with Crippen LogP contribution in [0.3, 0.4) is 0 Å². The van der Waals surface area contributed by atoms with Crippen LogP contribution < -0.4 is 4.90 Å². The molecule has 0 N–H and O–H groups in total. The molecule has 1 aromatic heterocycles. The topological polar surface area (TPSA) is 38.2 Å². The summed E-state index contributed by atoms with van der Waals surface area (Å²) in [5, 5.41) is 0.572. The van der Waals surface area contributed by atoms with Crippen molar-refractivity contribution in [3.8, 4) is 0 Å². The Morgan fingerprint density at radius 1 is 1.40 bits per heavy atom. The highest BCUT2D eigenvalue weighted by Crippen LogP contribution is 2.29. The largest absolute Gasteiger partial charge is 0.370 e. The number of nitrogens with zero attached hydrogens (tertiary/aromatic N) is 3. The zero-order valence-electron chi connectivity index (χ0n) is 10.7. The Bertz CT molecular complexity index is 610. The molecule has 1 aliphatic rings. The maximum Gasteiger partial charge on any atom is 0.151 e. The summed E-state index contributed by atoms with van der Waals surface area (Å²) in [6.07, 6.45) is 3.16. The molecule has 0 radical (unpaired) electrons. The summed E-state index contributed by atoms with van der Waals surface area (Å²) < 4.78 is 6.91. The molecular weight excluding hydrogens is 342 g/mol. The summed E-state index contributed by atoms with van der Waals surface area (Å²) in [7, 11) is 0. The smallest absolute Gasteiger partial charge is 0.151 e. The number of anilines is 1. The van der Waals surface area contributed by atoms with Crippen LogP contribution in [0.25, 0.3) is 0 Å². The number of rotatable bonds is 2. The number of aromatic nitrogens is 2. The van der Waals surface area contributed by atoms with Crippen molar-refractivity contribution in [2.24, 2.45) is 0 Å². The third kappa shape index (κ3) is 2.95. The third-order valence-electron chi connectivity index (χ3n) is 3.23. The van der Waals surface area contributed by atoms with Crippen LogP contribution in [0, 0.1) is 0 Å². The standard InChI is InChI=1S/C14H13BrClN3O/c15-11-3-1-2-10(6-11)13-8-19(4-5-20-13)14-12(16)7-17-9-18-14/h1-3,6-7,9,13H,4-5,8H2. The second-order valence-electron chi connectivity index (χ2n) is 4.55. The monoisotopic (exact) mass is 353 g/mol. The molecule has 0 bridgehead atoms. The minimum atomic E-state index is 0.0206. The average molecular weight is 355 g/mol. The van der Waals surface area contributed by atoms with Gasteiger partial charge in [0.1, 0.15) is 17.5 Å². The number of morpholine rings is 1. The molecule has 20 heavy (non-hydrogen) atoms. The zero-order valence-corrected chi connectivity index (χ0v) is 13.0. The first-order chi connectivity index (χ1) is 9.74. The second kappa shape index (κ2) is 6.08. The van der Waals surface area contributed by atoms with Crippen molar-refractivity contribution in [3.63, 3.8) is 0 Å². The molecule has 6 heteroatoms. The van der Waals surface area contributed by atoms with Crippen LogP contribution in [0.15, 0.2) is 41.3 Å². The molecule has 0 aliphatic carbocycles.